The van der Waals surface area contributed by atoms with Gasteiger partial charge in [0.15, 0.2) is 0 Å². The summed E-state index contributed by atoms with van der Waals surface area (Å²) in [5.41, 5.74) is 19.8. The molecule has 398 valence electrons. The molecule has 0 bridgehead atoms. The van der Waals surface area contributed by atoms with E-state index in [9.17, 15) is 10.5 Å². The Kier molecular flexibility index (Phi) is 11.0. The fourth-order valence-corrected chi connectivity index (χ4v) is 14.1. The fraction of sp³-hybridized carbons (Fsp3) is 0. The van der Waals surface area contributed by atoms with Crippen molar-refractivity contribution < 1.29 is 0 Å². The van der Waals surface area contributed by atoms with Crippen LogP contribution in [-0.2, 0) is 0 Å². The summed E-state index contributed by atoms with van der Waals surface area (Å²) < 4.78 is 9.29. The Bertz CT molecular complexity index is 5510. The van der Waals surface area contributed by atoms with E-state index < -0.39 is 0 Å². The van der Waals surface area contributed by atoms with Gasteiger partial charge in [0.2, 0.25) is 0 Å². The highest BCUT2D eigenvalue weighted by Crippen LogP contribution is 2.52. The minimum atomic E-state index is 0.422. The molecule has 4 aromatic heterocycles. The van der Waals surface area contributed by atoms with Crippen molar-refractivity contribution in [1.29, 1.82) is 10.5 Å². The number of rotatable bonds is 8. The van der Waals surface area contributed by atoms with Gasteiger partial charge in [0.25, 0.3) is 0 Å². The maximum absolute atomic E-state index is 12.4. The van der Waals surface area contributed by atoms with Gasteiger partial charge >= 0.3 is 0 Å². The Labute approximate surface area is 495 Å². The standard InChI is InChI=1S/C80H48N6/c81-49-67-77(51-37-41-73-63(45-51)59-29-13-17-33-69(59)83(73)55-21-5-1-6-22-55)68(50-82)79(53-39-43-75-65(47-53)61-31-15-19-35-71(61)85(75)57-25-9-3-10-26-57)80(54-40-44-76-66(48-54)62-32-16-20-36-72(62)86(76)58-27-11-4-12-28-58)78(67)52-38-42-74-64(46-52)60-30-14-18-34-70(60)84(74)56-23-7-2-8-24-56/h1-48H. The van der Waals surface area contributed by atoms with Crippen LogP contribution in [0.4, 0.5) is 0 Å². The third kappa shape index (κ3) is 7.24. The van der Waals surface area contributed by atoms with Gasteiger partial charge in [0.05, 0.1) is 55.3 Å². The molecule has 0 saturated heterocycles. The molecule has 0 N–H and O–H groups in total. The van der Waals surface area contributed by atoms with Crippen molar-refractivity contribution in [3.05, 3.63) is 302 Å². The van der Waals surface area contributed by atoms with Gasteiger partial charge < -0.3 is 18.3 Å². The second-order valence-electron chi connectivity index (χ2n) is 22.2. The van der Waals surface area contributed by atoms with Crippen LogP contribution >= 0.6 is 0 Å². The second kappa shape index (κ2) is 19.3. The van der Waals surface area contributed by atoms with Gasteiger partial charge in [-0.05, 0) is 144 Å². The summed E-state index contributed by atoms with van der Waals surface area (Å²) >= 11 is 0. The number of aromatic nitrogens is 4. The van der Waals surface area contributed by atoms with Crippen LogP contribution in [0.25, 0.3) is 154 Å². The highest BCUT2D eigenvalue weighted by Gasteiger charge is 2.31. The van der Waals surface area contributed by atoms with Gasteiger partial charge in [-0.15, -0.1) is 0 Å². The topological polar surface area (TPSA) is 67.3 Å². The normalized spacial score (nSPS) is 11.7. The van der Waals surface area contributed by atoms with Crippen molar-refractivity contribution in [3.8, 4) is 79.4 Å². The predicted molar refractivity (Wildman–Crippen MR) is 355 cm³/mol. The third-order valence-corrected chi connectivity index (χ3v) is 17.6. The van der Waals surface area contributed by atoms with Crippen LogP contribution in [0.15, 0.2) is 291 Å². The van der Waals surface area contributed by atoms with E-state index in [1.165, 1.54) is 0 Å². The van der Waals surface area contributed by atoms with Crippen molar-refractivity contribution in [3.63, 3.8) is 0 Å². The number of hydrogen-bond acceptors (Lipinski definition) is 2. The van der Waals surface area contributed by atoms with E-state index in [0.29, 0.717) is 16.7 Å². The maximum Gasteiger partial charge on any atom is 0.100 e. The van der Waals surface area contributed by atoms with Gasteiger partial charge in [-0.3, -0.25) is 0 Å². The Morgan fingerprint density at radius 3 is 0.686 bits per heavy atom. The summed E-state index contributed by atoms with van der Waals surface area (Å²) in [7, 11) is 0. The molecule has 6 heteroatoms. The molecule has 17 rings (SSSR count). The molecule has 0 aliphatic carbocycles. The lowest BCUT2D eigenvalue weighted by Gasteiger charge is -2.24. The fourth-order valence-electron chi connectivity index (χ4n) is 14.1. The lowest BCUT2D eigenvalue weighted by molar-refractivity contribution is 1.18. The Balaban J connectivity index is 1.04. The van der Waals surface area contributed by atoms with Crippen LogP contribution in [0, 0.1) is 22.7 Å². The van der Waals surface area contributed by atoms with Crippen molar-refractivity contribution in [1.82, 2.24) is 18.3 Å². The molecule has 0 spiro atoms. The lowest BCUT2D eigenvalue weighted by atomic mass is 9.77. The van der Waals surface area contributed by atoms with Crippen LogP contribution < -0.4 is 0 Å². The quantitative estimate of drug-likeness (QED) is 0.152. The minimum Gasteiger partial charge on any atom is -0.309 e. The Morgan fingerprint density at radius 2 is 0.419 bits per heavy atom. The van der Waals surface area contributed by atoms with Gasteiger partial charge in [-0.25, -0.2) is 0 Å². The van der Waals surface area contributed by atoms with E-state index in [-0.39, 0.29) is 0 Å². The van der Waals surface area contributed by atoms with Crippen LogP contribution in [0.1, 0.15) is 11.1 Å². The first-order chi connectivity index (χ1) is 42.6. The van der Waals surface area contributed by atoms with Crippen molar-refractivity contribution in [2.75, 3.05) is 0 Å². The number of fused-ring (bicyclic) bond motifs is 12. The Hall–Kier alpha value is -12.0. The number of para-hydroxylation sites is 8. The first-order valence-electron chi connectivity index (χ1n) is 29.0. The molecule has 6 nitrogen and oxygen atoms in total. The zero-order valence-corrected chi connectivity index (χ0v) is 46.4. The van der Waals surface area contributed by atoms with Crippen LogP contribution in [0.3, 0.4) is 0 Å². The molecule has 0 fully saturated rings. The largest absolute Gasteiger partial charge is 0.309 e. The van der Waals surface area contributed by atoms with Crippen molar-refractivity contribution in [2.45, 2.75) is 0 Å². The lowest BCUT2D eigenvalue weighted by Crippen LogP contribution is -2.03. The Morgan fingerprint density at radius 1 is 0.198 bits per heavy atom. The zero-order chi connectivity index (χ0) is 57.0. The van der Waals surface area contributed by atoms with Crippen LogP contribution in [0.5, 0.6) is 0 Å². The summed E-state index contributed by atoms with van der Waals surface area (Å²) in [5.74, 6) is 0. The summed E-state index contributed by atoms with van der Waals surface area (Å²) in [6, 6.07) is 109. The summed E-state index contributed by atoms with van der Waals surface area (Å²) in [5, 5.41) is 33.3. The van der Waals surface area contributed by atoms with Crippen LogP contribution in [-0.4, -0.2) is 18.3 Å². The molecule has 17 aromatic rings. The van der Waals surface area contributed by atoms with Crippen molar-refractivity contribution >= 4 is 87.2 Å². The van der Waals surface area contributed by atoms with Gasteiger partial charge in [0.1, 0.15) is 12.1 Å². The predicted octanol–water partition coefficient (Wildman–Crippen LogP) is 20.5. The maximum atomic E-state index is 12.4. The molecule has 13 aromatic carbocycles. The highest BCUT2D eigenvalue weighted by molar-refractivity contribution is 6.17. The summed E-state index contributed by atoms with van der Waals surface area (Å²) in [6.07, 6.45) is 0. The monoisotopic (exact) mass is 1090 g/mol. The third-order valence-electron chi connectivity index (χ3n) is 17.6. The molecule has 86 heavy (non-hydrogen) atoms. The molecular weight excluding hydrogens is 1040 g/mol. The van der Waals surface area contributed by atoms with E-state index in [0.717, 1.165) is 149 Å². The van der Waals surface area contributed by atoms with E-state index in [4.69, 9.17) is 0 Å². The molecule has 0 aliphatic rings. The number of benzene rings is 13. The van der Waals surface area contributed by atoms with Gasteiger partial charge in [0, 0.05) is 88.1 Å². The average molecular weight is 1090 g/mol. The first-order valence-corrected chi connectivity index (χ1v) is 29.0. The zero-order valence-electron chi connectivity index (χ0n) is 46.4. The smallest absolute Gasteiger partial charge is 0.100 e. The second-order valence-corrected chi connectivity index (χ2v) is 22.2. The van der Waals surface area contributed by atoms with E-state index in [2.05, 4.69) is 316 Å². The van der Waals surface area contributed by atoms with Crippen molar-refractivity contribution in [2.24, 2.45) is 0 Å². The highest BCUT2D eigenvalue weighted by atomic mass is 15.0. The van der Waals surface area contributed by atoms with E-state index in [1.807, 2.05) is 6.07 Å². The molecule has 0 atom stereocenters. The molecular formula is C80H48N6. The number of nitriles is 2. The average Bonchev–Trinajstić information content (AvgIpc) is 1.63. The summed E-state index contributed by atoms with van der Waals surface area (Å²) in [4.78, 5) is 0. The first kappa shape index (κ1) is 48.7. The molecule has 0 saturated carbocycles. The van der Waals surface area contributed by atoms with Crippen LogP contribution in [0.2, 0.25) is 0 Å². The molecule has 4 heterocycles. The van der Waals surface area contributed by atoms with E-state index in [1.54, 1.807) is 0 Å². The molecule has 0 unspecified atom stereocenters. The van der Waals surface area contributed by atoms with Gasteiger partial charge in [-0.2, -0.15) is 10.5 Å². The molecule has 0 radical (unpaired) electrons. The molecule has 0 amide bonds. The number of hydrogen-bond donors (Lipinski definition) is 0. The number of nitrogens with zero attached hydrogens (tertiary/aromatic N) is 6. The van der Waals surface area contributed by atoms with E-state index >= 15 is 0 Å². The molecule has 0 aliphatic heterocycles. The van der Waals surface area contributed by atoms with Gasteiger partial charge in [-0.1, -0.05) is 170 Å². The SMILES string of the molecule is N#Cc1c(-c2ccc3c(c2)c2ccccc2n3-c2ccccc2)c(C#N)c(-c2ccc3c(c2)c2ccccc2n3-c2ccccc2)c(-c2ccc3c(c2)c2ccccc2n3-c2ccccc2)c1-c1ccc2c(c1)c1ccccc1n2-c1ccccc1. The minimum absolute atomic E-state index is 0.422. The summed E-state index contributed by atoms with van der Waals surface area (Å²) in [6.45, 7) is 0.